The van der Waals surface area contributed by atoms with E-state index in [2.05, 4.69) is 45.2 Å². The number of hydrogen-bond donors (Lipinski definition) is 0. The molecule has 6 heteroatoms. The van der Waals surface area contributed by atoms with E-state index in [1.54, 1.807) is 11.3 Å². The van der Waals surface area contributed by atoms with Crippen molar-refractivity contribution in [2.75, 3.05) is 0 Å². The van der Waals surface area contributed by atoms with Gasteiger partial charge in [-0.1, -0.05) is 48.0 Å². The van der Waals surface area contributed by atoms with Gasteiger partial charge in [0.2, 0.25) is 6.23 Å². The molecule has 3 nitrogen and oxygen atoms in total. The SMILES string of the molecule is Clc1ccccc1[C@@H]1Oc2ccccc2[C@@H]2CC(c3ccc(Br)s3)=NN21. The van der Waals surface area contributed by atoms with Gasteiger partial charge in [0.25, 0.3) is 0 Å². The van der Waals surface area contributed by atoms with Crippen LogP contribution < -0.4 is 4.74 Å². The summed E-state index contributed by atoms with van der Waals surface area (Å²) in [6.45, 7) is 0. The molecule has 0 N–H and O–H groups in total. The average molecular weight is 446 g/mol. The van der Waals surface area contributed by atoms with E-state index in [4.69, 9.17) is 21.4 Å². The third kappa shape index (κ3) is 2.66. The van der Waals surface area contributed by atoms with Crippen LogP contribution in [0.4, 0.5) is 0 Å². The molecule has 26 heavy (non-hydrogen) atoms. The minimum absolute atomic E-state index is 0.150. The standard InChI is InChI=1S/C20H14BrClN2OS/c21-19-10-9-18(26-19)15-11-16-13-6-2-4-8-17(13)25-20(24(16)23-15)12-5-1-3-7-14(12)22/h1-10,16,20H,11H2/t16-,20-/m0/s1. The average Bonchev–Trinajstić information content (AvgIpc) is 3.28. The largest absolute Gasteiger partial charge is 0.464 e. The zero-order valence-electron chi connectivity index (χ0n) is 13.6. The summed E-state index contributed by atoms with van der Waals surface area (Å²) >= 11 is 11.7. The Hall–Kier alpha value is -1.82. The Morgan fingerprint density at radius 2 is 1.81 bits per heavy atom. The molecule has 2 atom stereocenters. The maximum atomic E-state index is 6.47. The van der Waals surface area contributed by atoms with Crippen molar-refractivity contribution in [3.8, 4) is 5.75 Å². The molecule has 0 aliphatic carbocycles. The van der Waals surface area contributed by atoms with Crippen LogP contribution in [0.3, 0.4) is 0 Å². The van der Waals surface area contributed by atoms with Crippen molar-refractivity contribution in [3.63, 3.8) is 0 Å². The van der Waals surface area contributed by atoms with Crippen molar-refractivity contribution < 1.29 is 4.74 Å². The lowest BCUT2D eigenvalue weighted by Crippen LogP contribution is -2.33. The Morgan fingerprint density at radius 1 is 1.04 bits per heavy atom. The van der Waals surface area contributed by atoms with Crippen molar-refractivity contribution in [2.45, 2.75) is 18.7 Å². The van der Waals surface area contributed by atoms with E-state index in [9.17, 15) is 0 Å². The van der Waals surface area contributed by atoms with Crippen LogP contribution in [-0.2, 0) is 0 Å². The summed E-state index contributed by atoms with van der Waals surface area (Å²) in [6, 6.07) is 20.4. The summed E-state index contributed by atoms with van der Waals surface area (Å²) in [6.07, 6.45) is 0.526. The number of hydrogen-bond acceptors (Lipinski definition) is 4. The highest BCUT2D eigenvalue weighted by molar-refractivity contribution is 9.11. The number of benzene rings is 2. The van der Waals surface area contributed by atoms with Crippen molar-refractivity contribution in [1.82, 2.24) is 5.01 Å². The summed E-state index contributed by atoms with van der Waals surface area (Å²) in [5.74, 6) is 0.905. The van der Waals surface area contributed by atoms with Gasteiger partial charge in [-0.15, -0.1) is 11.3 Å². The number of halogens is 2. The van der Waals surface area contributed by atoms with Crippen LogP contribution in [0.5, 0.6) is 5.75 Å². The van der Waals surface area contributed by atoms with E-state index in [-0.39, 0.29) is 12.3 Å². The molecule has 3 heterocycles. The quantitative estimate of drug-likeness (QED) is 0.455. The molecule has 0 bridgehead atoms. The fourth-order valence-corrected chi connectivity index (χ4v) is 5.14. The van der Waals surface area contributed by atoms with Gasteiger partial charge in [0.1, 0.15) is 5.75 Å². The number of ether oxygens (including phenoxy) is 1. The molecule has 1 aromatic heterocycles. The van der Waals surface area contributed by atoms with Gasteiger partial charge >= 0.3 is 0 Å². The van der Waals surface area contributed by atoms with Crippen LogP contribution in [0, 0.1) is 0 Å². The molecule has 0 saturated carbocycles. The minimum Gasteiger partial charge on any atom is -0.464 e. The minimum atomic E-state index is -0.329. The first-order valence-electron chi connectivity index (χ1n) is 8.32. The van der Waals surface area contributed by atoms with E-state index in [0.717, 1.165) is 27.2 Å². The van der Waals surface area contributed by atoms with E-state index < -0.39 is 0 Å². The van der Waals surface area contributed by atoms with Gasteiger partial charge in [-0.25, -0.2) is 5.01 Å². The number of fused-ring (bicyclic) bond motifs is 3. The van der Waals surface area contributed by atoms with Crippen molar-refractivity contribution in [2.24, 2.45) is 5.10 Å². The van der Waals surface area contributed by atoms with Gasteiger partial charge in [-0.2, -0.15) is 5.10 Å². The van der Waals surface area contributed by atoms with Crippen molar-refractivity contribution in [3.05, 3.63) is 85.5 Å². The van der Waals surface area contributed by atoms with E-state index in [1.165, 1.54) is 10.4 Å². The number of thiophene rings is 1. The molecule has 0 saturated heterocycles. The summed E-state index contributed by atoms with van der Waals surface area (Å²) < 4.78 is 7.44. The number of hydrazone groups is 1. The van der Waals surface area contributed by atoms with Crippen LogP contribution in [0.2, 0.25) is 5.02 Å². The molecule has 0 fully saturated rings. The van der Waals surface area contributed by atoms with Gasteiger partial charge in [0.15, 0.2) is 0 Å². The molecule has 0 amide bonds. The van der Waals surface area contributed by atoms with E-state index in [1.807, 2.05) is 36.4 Å². The molecule has 0 radical (unpaired) electrons. The van der Waals surface area contributed by atoms with Crippen LogP contribution in [-0.4, -0.2) is 10.7 Å². The Morgan fingerprint density at radius 3 is 2.58 bits per heavy atom. The lowest BCUT2D eigenvalue weighted by molar-refractivity contribution is -0.0189. The highest BCUT2D eigenvalue weighted by Gasteiger charge is 2.41. The van der Waals surface area contributed by atoms with Gasteiger partial charge in [-0.3, -0.25) is 0 Å². The first kappa shape index (κ1) is 16.4. The van der Waals surface area contributed by atoms with Crippen molar-refractivity contribution in [1.29, 1.82) is 0 Å². The second kappa shape index (κ2) is 6.41. The molecule has 5 rings (SSSR count). The van der Waals surface area contributed by atoms with Crippen molar-refractivity contribution >= 4 is 44.6 Å². The first-order chi connectivity index (χ1) is 12.7. The number of nitrogens with zero attached hydrogens (tertiary/aromatic N) is 2. The molecule has 2 aliphatic heterocycles. The van der Waals surface area contributed by atoms with Gasteiger partial charge in [0.05, 0.1) is 20.4 Å². The zero-order valence-corrected chi connectivity index (χ0v) is 16.8. The Balaban J connectivity index is 1.62. The predicted octanol–water partition coefficient (Wildman–Crippen LogP) is 6.41. The Labute approximate surface area is 169 Å². The third-order valence-electron chi connectivity index (χ3n) is 4.73. The maximum absolute atomic E-state index is 6.47. The molecule has 2 aromatic carbocycles. The predicted molar refractivity (Wildman–Crippen MR) is 109 cm³/mol. The second-order valence-electron chi connectivity index (χ2n) is 6.28. The Kier molecular flexibility index (Phi) is 4.03. The molecular weight excluding hydrogens is 432 g/mol. The normalized spacial score (nSPS) is 21.0. The van der Waals surface area contributed by atoms with E-state index in [0.29, 0.717) is 5.02 Å². The van der Waals surface area contributed by atoms with Gasteiger partial charge in [-0.05, 0) is 40.2 Å². The molecule has 130 valence electrons. The smallest absolute Gasteiger partial charge is 0.215 e. The summed E-state index contributed by atoms with van der Waals surface area (Å²) in [5.41, 5.74) is 3.19. The molecular formula is C20H14BrClN2OS. The second-order valence-corrected chi connectivity index (χ2v) is 9.15. The maximum Gasteiger partial charge on any atom is 0.215 e. The zero-order chi connectivity index (χ0) is 17.7. The highest BCUT2D eigenvalue weighted by atomic mass is 79.9. The van der Waals surface area contributed by atoms with Crippen LogP contribution in [0.25, 0.3) is 0 Å². The number of rotatable bonds is 2. The first-order valence-corrected chi connectivity index (χ1v) is 10.3. The highest BCUT2D eigenvalue weighted by Crippen LogP contribution is 2.48. The molecule has 0 unspecified atom stereocenters. The van der Waals surface area contributed by atoms with E-state index >= 15 is 0 Å². The van der Waals surface area contributed by atoms with Crippen LogP contribution in [0.15, 0.2) is 69.6 Å². The number of para-hydroxylation sites is 1. The van der Waals surface area contributed by atoms with Gasteiger partial charge < -0.3 is 4.74 Å². The van der Waals surface area contributed by atoms with Crippen LogP contribution in [0.1, 0.15) is 34.7 Å². The summed E-state index contributed by atoms with van der Waals surface area (Å²) in [4.78, 5) is 1.18. The third-order valence-corrected chi connectivity index (χ3v) is 6.74. The lowest BCUT2D eigenvalue weighted by Gasteiger charge is -2.38. The van der Waals surface area contributed by atoms with Crippen LogP contribution >= 0.6 is 38.9 Å². The van der Waals surface area contributed by atoms with Gasteiger partial charge in [0, 0.05) is 22.6 Å². The summed E-state index contributed by atoms with van der Waals surface area (Å²) in [5, 5.41) is 7.70. The molecule has 3 aromatic rings. The molecule has 0 spiro atoms. The Bertz CT molecular complexity index is 1020. The fraction of sp³-hybridized carbons (Fsp3) is 0.150. The molecule has 2 aliphatic rings. The monoisotopic (exact) mass is 444 g/mol. The lowest BCUT2D eigenvalue weighted by atomic mass is 9.98. The topological polar surface area (TPSA) is 24.8 Å². The summed E-state index contributed by atoms with van der Waals surface area (Å²) in [7, 11) is 0. The fourth-order valence-electron chi connectivity index (χ4n) is 3.53.